The van der Waals surface area contributed by atoms with E-state index in [1.54, 1.807) is 36.7 Å². The second-order valence-electron chi connectivity index (χ2n) is 10.8. The smallest absolute Gasteiger partial charge is 0.321 e. The molecule has 0 aliphatic carbocycles. The van der Waals surface area contributed by atoms with Gasteiger partial charge in [-0.15, -0.1) is 4.79 Å². The van der Waals surface area contributed by atoms with Crippen molar-refractivity contribution < 1.29 is 18.1 Å². The molecule has 1 aliphatic heterocycles. The Morgan fingerprint density at radius 3 is 2.00 bits per heavy atom. The number of benzene rings is 3. The van der Waals surface area contributed by atoms with Crippen LogP contribution in [0.15, 0.2) is 88.7 Å². The van der Waals surface area contributed by atoms with Crippen LogP contribution in [0.2, 0.25) is 0 Å². The lowest BCUT2D eigenvalue weighted by molar-refractivity contribution is 0.101. The molecule has 0 saturated carbocycles. The SMILES string of the molecule is Cc1c(-n2ccc(CN3CCN(Cc4ccccc4)CC3)c2)c(F)c2c(c1F)n(F)c(=O)c(=O)n2NC(=O)c1ccccc1. The molecule has 226 valence electrons. The van der Waals surface area contributed by atoms with E-state index in [4.69, 9.17) is 0 Å². The van der Waals surface area contributed by atoms with E-state index in [1.165, 1.54) is 29.2 Å². The average Bonchev–Trinajstić information content (AvgIpc) is 3.49. The molecule has 0 unspecified atom stereocenters. The molecule has 6 rings (SSSR count). The van der Waals surface area contributed by atoms with Crippen molar-refractivity contribution in [3.8, 4) is 5.69 Å². The average molecular weight is 603 g/mol. The quantitative estimate of drug-likeness (QED) is 0.285. The third kappa shape index (κ3) is 5.45. The Balaban J connectivity index is 1.30. The van der Waals surface area contributed by atoms with Gasteiger partial charge in [-0.2, -0.15) is 0 Å². The summed E-state index contributed by atoms with van der Waals surface area (Å²) in [6.45, 7) is 6.13. The maximum Gasteiger partial charge on any atom is 0.346 e. The van der Waals surface area contributed by atoms with Gasteiger partial charge >= 0.3 is 11.1 Å². The van der Waals surface area contributed by atoms with Crippen LogP contribution in [0.1, 0.15) is 27.0 Å². The minimum atomic E-state index is -1.77. The summed E-state index contributed by atoms with van der Waals surface area (Å²) in [6.07, 6.45) is 3.19. The predicted molar refractivity (Wildman–Crippen MR) is 160 cm³/mol. The number of halogens is 3. The lowest BCUT2D eigenvalue weighted by atomic mass is 10.1. The Hall–Kier alpha value is -4.94. The summed E-state index contributed by atoms with van der Waals surface area (Å²) in [5.74, 6) is -3.31. The van der Waals surface area contributed by atoms with Crippen LogP contribution in [0, 0.1) is 18.6 Å². The number of rotatable bonds is 7. The van der Waals surface area contributed by atoms with Crippen LogP contribution in [0.5, 0.6) is 0 Å². The third-order valence-corrected chi connectivity index (χ3v) is 7.90. The highest BCUT2D eigenvalue weighted by atomic mass is 19.2. The fraction of sp³-hybridized carbons (Fsp3) is 0.219. The summed E-state index contributed by atoms with van der Waals surface area (Å²) < 4.78 is 48.5. The van der Waals surface area contributed by atoms with Gasteiger partial charge in [-0.25, -0.2) is 13.5 Å². The number of piperazine rings is 1. The van der Waals surface area contributed by atoms with Crippen molar-refractivity contribution in [2.45, 2.75) is 20.0 Å². The molecule has 1 aliphatic rings. The zero-order valence-corrected chi connectivity index (χ0v) is 23.8. The van der Waals surface area contributed by atoms with Crippen LogP contribution in [-0.4, -0.2) is 55.9 Å². The minimum absolute atomic E-state index is 0.0844. The topological polar surface area (TPSA) is 84.5 Å². The van der Waals surface area contributed by atoms with Gasteiger partial charge in [0.2, 0.25) is 0 Å². The molecule has 1 N–H and O–H groups in total. The van der Waals surface area contributed by atoms with Crippen LogP contribution in [0.4, 0.5) is 13.3 Å². The number of aromatic nitrogens is 3. The van der Waals surface area contributed by atoms with Crippen LogP contribution in [-0.2, 0) is 13.1 Å². The number of fused-ring (bicyclic) bond motifs is 1. The second-order valence-corrected chi connectivity index (χ2v) is 10.8. The summed E-state index contributed by atoms with van der Waals surface area (Å²) in [5.41, 5.74) is -1.61. The van der Waals surface area contributed by atoms with Gasteiger partial charge in [-0.3, -0.25) is 29.6 Å². The fourth-order valence-corrected chi connectivity index (χ4v) is 5.58. The highest BCUT2D eigenvalue weighted by molar-refractivity contribution is 6.00. The van der Waals surface area contributed by atoms with Gasteiger partial charge < -0.3 is 4.57 Å². The van der Waals surface area contributed by atoms with E-state index in [-0.39, 0.29) is 21.5 Å². The Morgan fingerprint density at radius 2 is 1.36 bits per heavy atom. The van der Waals surface area contributed by atoms with Gasteiger partial charge in [-0.1, -0.05) is 53.0 Å². The zero-order chi connectivity index (χ0) is 31.0. The molecule has 5 aromatic rings. The first-order chi connectivity index (χ1) is 21.2. The first-order valence-electron chi connectivity index (χ1n) is 14.1. The molecule has 2 aromatic heterocycles. The Labute approximate surface area is 249 Å². The molecular formula is C32H29F3N6O3. The molecule has 0 atom stereocenters. The Kier molecular flexibility index (Phi) is 7.93. The first-order valence-corrected chi connectivity index (χ1v) is 14.1. The van der Waals surface area contributed by atoms with Gasteiger partial charge in [0.05, 0.1) is 5.69 Å². The maximum atomic E-state index is 16.3. The summed E-state index contributed by atoms with van der Waals surface area (Å²) in [7, 11) is 0. The van der Waals surface area contributed by atoms with Crippen LogP contribution in [0.3, 0.4) is 0 Å². The van der Waals surface area contributed by atoms with Crippen molar-refractivity contribution in [1.82, 2.24) is 23.8 Å². The van der Waals surface area contributed by atoms with Crippen molar-refractivity contribution in [3.05, 3.63) is 134 Å². The van der Waals surface area contributed by atoms with E-state index in [9.17, 15) is 18.9 Å². The molecule has 1 amide bonds. The zero-order valence-electron chi connectivity index (χ0n) is 23.8. The molecule has 12 heteroatoms. The normalized spacial score (nSPS) is 14.3. The first kappa shape index (κ1) is 29.1. The highest BCUT2D eigenvalue weighted by Gasteiger charge is 2.28. The van der Waals surface area contributed by atoms with Gasteiger partial charge in [0.15, 0.2) is 11.6 Å². The number of carbonyl (C=O) groups is 1. The van der Waals surface area contributed by atoms with Gasteiger partial charge in [-0.05, 0) is 36.2 Å². The Morgan fingerprint density at radius 1 is 0.773 bits per heavy atom. The third-order valence-electron chi connectivity index (χ3n) is 7.90. The largest absolute Gasteiger partial charge is 0.346 e. The van der Waals surface area contributed by atoms with Crippen molar-refractivity contribution in [2.24, 2.45) is 0 Å². The van der Waals surface area contributed by atoms with Crippen LogP contribution >= 0.6 is 0 Å². The minimum Gasteiger partial charge on any atom is -0.321 e. The molecular weight excluding hydrogens is 573 g/mol. The molecule has 3 aromatic carbocycles. The number of nitrogens with zero attached hydrogens (tertiary/aromatic N) is 5. The van der Waals surface area contributed by atoms with Crippen LogP contribution < -0.4 is 16.5 Å². The van der Waals surface area contributed by atoms with E-state index in [2.05, 4.69) is 27.4 Å². The molecule has 0 spiro atoms. The number of carbonyl (C=O) groups excluding carboxylic acids is 1. The summed E-state index contributed by atoms with van der Waals surface area (Å²) in [6, 6.07) is 19.7. The summed E-state index contributed by atoms with van der Waals surface area (Å²) in [5, 5.41) is 0. The van der Waals surface area contributed by atoms with Crippen molar-refractivity contribution in [3.63, 3.8) is 0 Å². The molecule has 0 radical (unpaired) electrons. The lowest BCUT2D eigenvalue weighted by Gasteiger charge is -2.34. The number of hydrogen-bond acceptors (Lipinski definition) is 5. The van der Waals surface area contributed by atoms with Crippen molar-refractivity contribution in [1.29, 1.82) is 0 Å². The van der Waals surface area contributed by atoms with Gasteiger partial charge in [0.1, 0.15) is 11.0 Å². The van der Waals surface area contributed by atoms with Gasteiger partial charge in [0, 0.05) is 62.8 Å². The molecule has 1 fully saturated rings. The highest BCUT2D eigenvalue weighted by Crippen LogP contribution is 2.30. The molecule has 3 heterocycles. The van der Waals surface area contributed by atoms with E-state index in [0.29, 0.717) is 6.54 Å². The molecule has 1 saturated heterocycles. The fourth-order valence-electron chi connectivity index (χ4n) is 5.58. The van der Waals surface area contributed by atoms with Crippen molar-refractivity contribution >= 4 is 16.9 Å². The Bertz CT molecular complexity index is 1960. The summed E-state index contributed by atoms with van der Waals surface area (Å²) >= 11 is 0. The van der Waals surface area contributed by atoms with E-state index in [1.807, 2.05) is 18.2 Å². The number of nitrogens with one attached hydrogen (secondary N) is 1. The monoisotopic (exact) mass is 602 g/mol. The second kappa shape index (κ2) is 12.0. The number of hydrogen-bond donors (Lipinski definition) is 1. The van der Waals surface area contributed by atoms with E-state index < -0.39 is 44.5 Å². The van der Waals surface area contributed by atoms with Crippen LogP contribution in [0.25, 0.3) is 16.7 Å². The predicted octanol–water partition coefficient (Wildman–Crippen LogP) is 3.97. The molecule has 9 nitrogen and oxygen atoms in total. The summed E-state index contributed by atoms with van der Waals surface area (Å²) in [4.78, 5) is 41.9. The lowest BCUT2D eigenvalue weighted by Crippen LogP contribution is -2.45. The molecule has 0 bridgehead atoms. The van der Waals surface area contributed by atoms with Crippen molar-refractivity contribution in [2.75, 3.05) is 31.6 Å². The van der Waals surface area contributed by atoms with Gasteiger partial charge in [0.25, 0.3) is 5.91 Å². The van der Waals surface area contributed by atoms with E-state index >= 15 is 8.78 Å². The van der Waals surface area contributed by atoms with E-state index in [0.717, 1.165) is 38.3 Å². The molecule has 44 heavy (non-hydrogen) atoms. The number of amides is 1. The maximum absolute atomic E-state index is 16.3. The standard InChI is InChI=1S/C32H29F3N6O3/c1-21-25(33)28-29(41(32(44)31(43)40(28)35)36-30(42)24-10-6-3-7-11-24)26(34)27(21)39-13-12-23(20-39)19-38-16-14-37(15-17-38)18-22-8-4-2-5-9-22/h2-13,20H,14-19H2,1H3,(H,36,42).